The zero-order valence-electron chi connectivity index (χ0n) is 13.1. The Labute approximate surface area is 138 Å². The smallest absolute Gasteiger partial charge is 0.337 e. The number of esters is 1. The summed E-state index contributed by atoms with van der Waals surface area (Å²) in [7, 11) is 1.32. The van der Waals surface area contributed by atoms with Gasteiger partial charge in [-0.15, -0.1) is 0 Å². The summed E-state index contributed by atoms with van der Waals surface area (Å²) >= 11 is 1.35. The molecule has 2 aromatic rings. The van der Waals surface area contributed by atoms with Crippen LogP contribution in [0.25, 0.3) is 0 Å². The molecule has 0 spiro atoms. The molecule has 0 aliphatic rings. The molecule has 0 bridgehead atoms. The lowest BCUT2D eigenvalue weighted by atomic mass is 10.2. The molecule has 23 heavy (non-hydrogen) atoms. The number of nitrogens with one attached hydrogen (secondary N) is 1. The van der Waals surface area contributed by atoms with Crippen LogP contribution in [0, 0.1) is 6.92 Å². The van der Waals surface area contributed by atoms with Gasteiger partial charge in [-0.2, -0.15) is 0 Å². The SMILES string of the molecule is COC(=O)c1cccc(NC(=O)C(C)Sc2cc(C)ncn2)c1. The van der Waals surface area contributed by atoms with Crippen LogP contribution in [0.5, 0.6) is 0 Å². The molecule has 1 aromatic carbocycles. The second-order valence-electron chi connectivity index (χ2n) is 4.82. The molecule has 6 nitrogen and oxygen atoms in total. The summed E-state index contributed by atoms with van der Waals surface area (Å²) in [4.78, 5) is 31.9. The first-order chi connectivity index (χ1) is 11.0. The predicted molar refractivity (Wildman–Crippen MR) is 88.5 cm³/mol. The number of methoxy groups -OCH3 is 1. The van der Waals surface area contributed by atoms with Crippen molar-refractivity contribution in [2.45, 2.75) is 24.1 Å². The van der Waals surface area contributed by atoms with E-state index in [9.17, 15) is 9.59 Å². The van der Waals surface area contributed by atoms with Crippen LogP contribution in [0.1, 0.15) is 23.0 Å². The number of nitrogens with zero attached hydrogens (tertiary/aromatic N) is 2. The summed E-state index contributed by atoms with van der Waals surface area (Å²) in [5.74, 6) is -0.617. The average Bonchev–Trinajstić information content (AvgIpc) is 2.54. The lowest BCUT2D eigenvalue weighted by Gasteiger charge is -2.12. The van der Waals surface area contributed by atoms with E-state index < -0.39 is 5.97 Å². The number of amides is 1. The molecule has 1 aromatic heterocycles. The zero-order chi connectivity index (χ0) is 16.8. The van der Waals surface area contributed by atoms with Gasteiger partial charge in [0, 0.05) is 11.4 Å². The van der Waals surface area contributed by atoms with Crippen LogP contribution in [-0.2, 0) is 9.53 Å². The third-order valence-corrected chi connectivity index (χ3v) is 4.03. The minimum Gasteiger partial charge on any atom is -0.465 e. The molecular weight excluding hydrogens is 314 g/mol. The Kier molecular flexibility index (Phi) is 5.70. The second-order valence-corrected chi connectivity index (χ2v) is 6.18. The van der Waals surface area contributed by atoms with Crippen LogP contribution in [0.4, 0.5) is 5.69 Å². The molecule has 1 atom stereocenters. The molecule has 0 radical (unpaired) electrons. The molecular formula is C16H17N3O3S. The van der Waals surface area contributed by atoms with Gasteiger partial charge in [-0.1, -0.05) is 17.8 Å². The van der Waals surface area contributed by atoms with Gasteiger partial charge in [-0.3, -0.25) is 4.79 Å². The Morgan fingerprint density at radius 1 is 1.26 bits per heavy atom. The number of thioether (sulfide) groups is 1. The molecule has 1 unspecified atom stereocenters. The summed E-state index contributed by atoms with van der Waals surface area (Å²) in [6.45, 7) is 3.66. The second kappa shape index (κ2) is 7.73. The normalized spacial score (nSPS) is 11.6. The molecule has 7 heteroatoms. The maximum Gasteiger partial charge on any atom is 0.337 e. The van der Waals surface area contributed by atoms with E-state index in [4.69, 9.17) is 0 Å². The van der Waals surface area contributed by atoms with Crippen molar-refractivity contribution in [1.82, 2.24) is 9.97 Å². The van der Waals surface area contributed by atoms with Gasteiger partial charge in [0.2, 0.25) is 5.91 Å². The number of hydrogen-bond donors (Lipinski definition) is 1. The van der Waals surface area contributed by atoms with Gasteiger partial charge in [0.1, 0.15) is 11.4 Å². The first kappa shape index (κ1) is 17.0. The Morgan fingerprint density at radius 3 is 2.74 bits per heavy atom. The number of aromatic nitrogens is 2. The van der Waals surface area contributed by atoms with Crippen molar-refractivity contribution < 1.29 is 14.3 Å². The Morgan fingerprint density at radius 2 is 2.04 bits per heavy atom. The molecule has 1 heterocycles. The molecule has 1 N–H and O–H groups in total. The lowest BCUT2D eigenvalue weighted by Crippen LogP contribution is -2.22. The molecule has 120 valence electrons. The number of anilines is 1. The molecule has 0 fully saturated rings. The third-order valence-electron chi connectivity index (χ3n) is 3.00. The largest absolute Gasteiger partial charge is 0.465 e. The van der Waals surface area contributed by atoms with Gasteiger partial charge in [-0.25, -0.2) is 14.8 Å². The summed E-state index contributed by atoms with van der Waals surface area (Å²) < 4.78 is 4.66. The van der Waals surface area contributed by atoms with Crippen LogP contribution < -0.4 is 5.32 Å². The van der Waals surface area contributed by atoms with Crippen molar-refractivity contribution in [3.05, 3.63) is 47.9 Å². The predicted octanol–water partition coefficient (Wildman–Crippen LogP) is 2.69. The zero-order valence-corrected chi connectivity index (χ0v) is 13.9. The summed E-state index contributed by atoms with van der Waals surface area (Å²) in [6, 6.07) is 8.44. The van der Waals surface area contributed by atoms with Crippen LogP contribution in [0.3, 0.4) is 0 Å². The van der Waals surface area contributed by atoms with Crippen molar-refractivity contribution in [3.63, 3.8) is 0 Å². The topological polar surface area (TPSA) is 81.2 Å². The lowest BCUT2D eigenvalue weighted by molar-refractivity contribution is -0.115. The first-order valence-corrected chi connectivity index (χ1v) is 7.82. The van der Waals surface area contributed by atoms with Crippen LogP contribution in [-0.4, -0.2) is 34.2 Å². The summed E-state index contributed by atoms with van der Waals surface area (Å²) in [5, 5.41) is 3.18. The van der Waals surface area contributed by atoms with E-state index in [0.29, 0.717) is 11.3 Å². The van der Waals surface area contributed by atoms with Crippen LogP contribution >= 0.6 is 11.8 Å². The van der Waals surface area contributed by atoms with E-state index >= 15 is 0 Å². The van der Waals surface area contributed by atoms with Crippen LogP contribution in [0.15, 0.2) is 41.7 Å². The van der Waals surface area contributed by atoms with E-state index in [1.807, 2.05) is 13.0 Å². The standard InChI is InChI=1S/C16H17N3O3S/c1-10-7-14(18-9-17-10)23-11(2)15(20)19-13-6-4-5-12(8-13)16(21)22-3/h4-9,11H,1-3H3,(H,19,20). The van der Waals surface area contributed by atoms with Gasteiger partial charge in [0.15, 0.2) is 0 Å². The Balaban J connectivity index is 2.02. The highest BCUT2D eigenvalue weighted by Crippen LogP contribution is 2.22. The maximum absolute atomic E-state index is 12.3. The maximum atomic E-state index is 12.3. The summed E-state index contributed by atoms with van der Waals surface area (Å²) in [5.41, 5.74) is 1.78. The number of hydrogen-bond acceptors (Lipinski definition) is 6. The fourth-order valence-corrected chi connectivity index (χ4v) is 2.69. The fraction of sp³-hybridized carbons (Fsp3) is 0.250. The van der Waals surface area contributed by atoms with Gasteiger partial charge in [0.05, 0.1) is 17.9 Å². The van der Waals surface area contributed by atoms with E-state index in [1.165, 1.54) is 25.2 Å². The molecule has 0 aliphatic heterocycles. The van der Waals surface area contributed by atoms with Gasteiger partial charge >= 0.3 is 5.97 Å². The number of benzene rings is 1. The minimum atomic E-state index is -0.444. The van der Waals surface area contributed by atoms with Crippen molar-refractivity contribution in [1.29, 1.82) is 0 Å². The monoisotopic (exact) mass is 331 g/mol. The average molecular weight is 331 g/mol. The van der Waals surface area contributed by atoms with Crippen LogP contribution in [0.2, 0.25) is 0 Å². The van der Waals surface area contributed by atoms with E-state index in [-0.39, 0.29) is 11.2 Å². The van der Waals surface area contributed by atoms with Crippen molar-refractivity contribution in [2.75, 3.05) is 12.4 Å². The van der Waals surface area contributed by atoms with E-state index in [2.05, 4.69) is 20.0 Å². The molecule has 2 rings (SSSR count). The third kappa shape index (κ3) is 4.79. The highest BCUT2D eigenvalue weighted by atomic mass is 32.2. The number of carbonyl (C=O) groups is 2. The van der Waals surface area contributed by atoms with Crippen molar-refractivity contribution in [3.8, 4) is 0 Å². The molecule has 1 amide bonds. The first-order valence-electron chi connectivity index (χ1n) is 6.94. The number of ether oxygens (including phenoxy) is 1. The van der Waals surface area contributed by atoms with E-state index in [1.54, 1.807) is 31.2 Å². The molecule has 0 aliphatic carbocycles. The van der Waals surface area contributed by atoms with Crippen molar-refractivity contribution >= 4 is 29.3 Å². The Bertz CT molecular complexity index is 721. The Hall–Kier alpha value is -2.41. The van der Waals surface area contributed by atoms with Gasteiger partial charge < -0.3 is 10.1 Å². The highest BCUT2D eigenvalue weighted by Gasteiger charge is 2.16. The van der Waals surface area contributed by atoms with Gasteiger partial charge in [-0.05, 0) is 38.1 Å². The molecule has 0 saturated heterocycles. The highest BCUT2D eigenvalue weighted by molar-refractivity contribution is 8.00. The van der Waals surface area contributed by atoms with E-state index in [0.717, 1.165) is 10.7 Å². The number of rotatable bonds is 5. The van der Waals surface area contributed by atoms with Gasteiger partial charge in [0.25, 0.3) is 0 Å². The molecule has 0 saturated carbocycles. The quantitative estimate of drug-likeness (QED) is 0.515. The van der Waals surface area contributed by atoms with Crippen molar-refractivity contribution in [2.24, 2.45) is 0 Å². The summed E-state index contributed by atoms with van der Waals surface area (Å²) in [6.07, 6.45) is 1.47. The minimum absolute atomic E-state index is 0.173. The number of aryl methyl sites for hydroxylation is 1. The number of carbonyl (C=O) groups excluding carboxylic acids is 2. The fourth-order valence-electron chi connectivity index (χ4n) is 1.81.